The Morgan fingerprint density at radius 3 is 2.69 bits per heavy atom. The second-order valence-electron chi connectivity index (χ2n) is 3.16. The van der Waals surface area contributed by atoms with E-state index >= 15 is 0 Å². The summed E-state index contributed by atoms with van der Waals surface area (Å²) < 4.78 is 11.0. The maximum Gasteiger partial charge on any atom is 0.0404 e. The Hall–Kier alpha value is 0.140. The maximum atomic E-state index is 11.0. The molecule has 0 unspecified atom stereocenters. The van der Waals surface area contributed by atoms with Crippen LogP contribution in [0.5, 0.6) is 0 Å². The van der Waals surface area contributed by atoms with Gasteiger partial charge in [0.05, 0.1) is 0 Å². The average Bonchev–Trinajstić information content (AvgIpc) is 2.15. The Balaban J connectivity index is 2.08. The van der Waals surface area contributed by atoms with E-state index in [0.29, 0.717) is 11.9 Å². The van der Waals surface area contributed by atoms with Gasteiger partial charge in [-0.15, -0.1) is 11.6 Å². The lowest BCUT2D eigenvalue weighted by Crippen LogP contribution is -2.35. The van der Waals surface area contributed by atoms with E-state index in [1.165, 1.54) is 0 Å². The number of allylic oxidation sites excluding steroid dienone is 1. The predicted molar refractivity (Wildman–Crippen MR) is 58.8 cm³/mol. The summed E-state index contributed by atoms with van der Waals surface area (Å²) in [5.41, 5.74) is 0. The van der Waals surface area contributed by atoms with Gasteiger partial charge >= 0.3 is 0 Å². The van der Waals surface area contributed by atoms with Crippen LogP contribution in [0.2, 0.25) is 0 Å². The molecule has 0 amide bonds. The minimum atomic E-state index is -0.549. The summed E-state index contributed by atoms with van der Waals surface area (Å²) in [7, 11) is -0.549. The summed E-state index contributed by atoms with van der Waals surface area (Å²) in [6.45, 7) is 0.879. The van der Waals surface area contributed by atoms with E-state index in [1.807, 2.05) is 12.2 Å². The highest BCUT2D eigenvalue weighted by Crippen LogP contribution is 2.08. The summed E-state index contributed by atoms with van der Waals surface area (Å²) in [5.74, 6) is 2.30. The van der Waals surface area contributed by atoms with Crippen molar-refractivity contribution in [2.24, 2.45) is 0 Å². The van der Waals surface area contributed by atoms with E-state index in [2.05, 4.69) is 5.32 Å². The first-order valence-electron chi connectivity index (χ1n) is 4.62. The van der Waals surface area contributed by atoms with Crippen LogP contribution in [-0.2, 0) is 10.8 Å². The Labute approximate surface area is 87.2 Å². The van der Waals surface area contributed by atoms with Crippen LogP contribution in [0.15, 0.2) is 12.2 Å². The third-order valence-electron chi connectivity index (χ3n) is 2.17. The van der Waals surface area contributed by atoms with Crippen LogP contribution in [0.25, 0.3) is 0 Å². The molecule has 1 aliphatic rings. The topological polar surface area (TPSA) is 29.1 Å². The molecule has 0 atom stereocenters. The molecule has 1 saturated heterocycles. The Kier molecular flexibility index (Phi) is 5.67. The highest BCUT2D eigenvalue weighted by atomic mass is 35.5. The fraction of sp³-hybridized carbons (Fsp3) is 0.778. The smallest absolute Gasteiger partial charge is 0.0404 e. The van der Waals surface area contributed by atoms with Crippen molar-refractivity contribution in [1.29, 1.82) is 0 Å². The molecular weight excluding hydrogens is 206 g/mol. The minimum absolute atomic E-state index is 0.549. The van der Waals surface area contributed by atoms with Crippen molar-refractivity contribution in [3.8, 4) is 0 Å². The molecule has 1 rings (SSSR count). The standard InChI is InChI=1S/C9H16ClNOS/c10-5-1-2-6-11-9-3-7-13(12)8-4-9/h1-2,9,11H,3-8H2/b2-1+. The monoisotopic (exact) mass is 221 g/mol. The second kappa shape index (κ2) is 6.57. The zero-order chi connectivity index (χ0) is 9.52. The average molecular weight is 222 g/mol. The van der Waals surface area contributed by atoms with Gasteiger partial charge in [0.15, 0.2) is 0 Å². The summed E-state index contributed by atoms with van der Waals surface area (Å²) >= 11 is 5.49. The molecule has 2 nitrogen and oxygen atoms in total. The highest BCUT2D eigenvalue weighted by Gasteiger charge is 2.16. The first kappa shape index (κ1) is 11.2. The third kappa shape index (κ3) is 4.79. The summed E-state index contributed by atoms with van der Waals surface area (Å²) in [6, 6.07) is 0.553. The number of halogens is 1. The summed E-state index contributed by atoms with van der Waals surface area (Å²) in [4.78, 5) is 0. The van der Waals surface area contributed by atoms with Crippen molar-refractivity contribution in [3.63, 3.8) is 0 Å². The highest BCUT2D eigenvalue weighted by molar-refractivity contribution is 7.85. The molecule has 13 heavy (non-hydrogen) atoms. The van der Waals surface area contributed by atoms with Crippen molar-refractivity contribution in [2.45, 2.75) is 18.9 Å². The number of alkyl halides is 1. The molecule has 1 aliphatic heterocycles. The molecule has 0 aliphatic carbocycles. The number of rotatable bonds is 4. The lowest BCUT2D eigenvalue weighted by molar-refractivity contribution is 0.499. The molecule has 0 aromatic heterocycles. The Morgan fingerprint density at radius 1 is 1.38 bits per heavy atom. The fourth-order valence-corrected chi connectivity index (χ4v) is 2.80. The predicted octanol–water partition coefficient (Wildman–Crippen LogP) is 1.28. The SMILES string of the molecule is O=S1CCC(NC/C=C/CCl)CC1. The van der Waals surface area contributed by atoms with Gasteiger partial charge in [0.25, 0.3) is 0 Å². The zero-order valence-corrected chi connectivity index (χ0v) is 9.24. The van der Waals surface area contributed by atoms with Gasteiger partial charge in [-0.3, -0.25) is 4.21 Å². The Bertz CT molecular complexity index is 186. The van der Waals surface area contributed by atoms with Crippen molar-refractivity contribution >= 4 is 22.4 Å². The molecule has 0 radical (unpaired) electrons. The van der Waals surface area contributed by atoms with E-state index in [9.17, 15) is 4.21 Å². The van der Waals surface area contributed by atoms with Gasteiger partial charge in [-0.1, -0.05) is 12.2 Å². The normalized spacial score (nSPS) is 29.6. The lowest BCUT2D eigenvalue weighted by atomic mass is 10.1. The second-order valence-corrected chi connectivity index (χ2v) is 5.16. The number of nitrogens with one attached hydrogen (secondary N) is 1. The van der Waals surface area contributed by atoms with Gasteiger partial charge < -0.3 is 5.32 Å². The zero-order valence-electron chi connectivity index (χ0n) is 7.67. The van der Waals surface area contributed by atoms with E-state index < -0.39 is 10.8 Å². The van der Waals surface area contributed by atoms with Crippen LogP contribution >= 0.6 is 11.6 Å². The number of hydrogen-bond acceptors (Lipinski definition) is 2. The quantitative estimate of drug-likeness (QED) is 0.573. The molecule has 0 bridgehead atoms. The van der Waals surface area contributed by atoms with Crippen LogP contribution in [0, 0.1) is 0 Å². The van der Waals surface area contributed by atoms with Gasteiger partial charge in [0, 0.05) is 40.8 Å². The first-order valence-corrected chi connectivity index (χ1v) is 6.64. The van der Waals surface area contributed by atoms with E-state index in [-0.39, 0.29) is 0 Å². The summed E-state index contributed by atoms with van der Waals surface area (Å²) in [6.07, 6.45) is 6.07. The van der Waals surface area contributed by atoms with Gasteiger partial charge in [-0.05, 0) is 12.8 Å². The molecule has 0 aromatic rings. The summed E-state index contributed by atoms with van der Waals surface area (Å²) in [5, 5.41) is 3.40. The molecule has 4 heteroatoms. The molecule has 0 spiro atoms. The van der Waals surface area contributed by atoms with Crippen LogP contribution in [-0.4, -0.2) is 34.2 Å². The van der Waals surface area contributed by atoms with Gasteiger partial charge in [0.1, 0.15) is 0 Å². The van der Waals surface area contributed by atoms with Crippen molar-refractivity contribution in [1.82, 2.24) is 5.32 Å². The lowest BCUT2D eigenvalue weighted by Gasteiger charge is -2.21. The van der Waals surface area contributed by atoms with Crippen LogP contribution in [0.1, 0.15) is 12.8 Å². The van der Waals surface area contributed by atoms with E-state index in [4.69, 9.17) is 11.6 Å². The van der Waals surface area contributed by atoms with E-state index in [0.717, 1.165) is 30.9 Å². The molecule has 76 valence electrons. The largest absolute Gasteiger partial charge is 0.310 e. The van der Waals surface area contributed by atoms with Gasteiger partial charge in [-0.2, -0.15) is 0 Å². The Morgan fingerprint density at radius 2 is 2.08 bits per heavy atom. The third-order valence-corrected chi connectivity index (χ3v) is 3.73. The van der Waals surface area contributed by atoms with Crippen LogP contribution in [0.4, 0.5) is 0 Å². The van der Waals surface area contributed by atoms with Crippen molar-refractivity contribution in [3.05, 3.63) is 12.2 Å². The first-order chi connectivity index (χ1) is 6.33. The van der Waals surface area contributed by atoms with Gasteiger partial charge in [0.2, 0.25) is 0 Å². The molecule has 1 N–H and O–H groups in total. The van der Waals surface area contributed by atoms with Crippen LogP contribution in [0.3, 0.4) is 0 Å². The molecule has 1 heterocycles. The molecule has 1 fully saturated rings. The maximum absolute atomic E-state index is 11.0. The molecule has 0 saturated carbocycles. The number of hydrogen-bond donors (Lipinski definition) is 1. The minimum Gasteiger partial charge on any atom is -0.310 e. The van der Waals surface area contributed by atoms with Crippen LogP contribution < -0.4 is 5.32 Å². The molecule has 0 aromatic carbocycles. The fourth-order valence-electron chi connectivity index (χ4n) is 1.38. The van der Waals surface area contributed by atoms with Crippen molar-refractivity contribution < 1.29 is 4.21 Å². The van der Waals surface area contributed by atoms with Gasteiger partial charge in [-0.25, -0.2) is 0 Å². The van der Waals surface area contributed by atoms with E-state index in [1.54, 1.807) is 0 Å². The van der Waals surface area contributed by atoms with Crippen molar-refractivity contribution in [2.75, 3.05) is 23.9 Å². The molecular formula is C9H16ClNOS.